The summed E-state index contributed by atoms with van der Waals surface area (Å²) in [6, 6.07) is 4.37. The largest absolute Gasteiger partial charge is 0.383 e. The molecule has 2 rings (SSSR count). The molecule has 1 aromatic heterocycles. The average Bonchev–Trinajstić information content (AvgIpc) is 3.05. The van der Waals surface area contributed by atoms with Gasteiger partial charge in [0.15, 0.2) is 5.96 Å². The van der Waals surface area contributed by atoms with Crippen LogP contribution in [0.4, 0.5) is 0 Å². The summed E-state index contributed by atoms with van der Waals surface area (Å²) >= 11 is 1.86. The van der Waals surface area contributed by atoms with Crippen molar-refractivity contribution >= 4 is 41.3 Å². The Bertz CT molecular complexity index is 433. The van der Waals surface area contributed by atoms with E-state index in [9.17, 15) is 0 Å². The molecular formula is C16H29IN4OS. The number of piperidine rings is 1. The number of nitrogens with zero attached hydrogens (tertiary/aromatic N) is 2. The molecule has 0 spiro atoms. The van der Waals surface area contributed by atoms with Crippen molar-refractivity contribution in [2.45, 2.75) is 19.4 Å². The number of hydrogen-bond donors (Lipinski definition) is 2. The molecule has 7 heteroatoms. The van der Waals surface area contributed by atoms with Crippen LogP contribution in [0, 0.1) is 5.92 Å². The first-order valence-corrected chi connectivity index (χ1v) is 8.88. The van der Waals surface area contributed by atoms with Gasteiger partial charge in [0.2, 0.25) is 0 Å². The predicted molar refractivity (Wildman–Crippen MR) is 109 cm³/mol. The average molecular weight is 452 g/mol. The van der Waals surface area contributed by atoms with Crippen molar-refractivity contribution in [3.8, 4) is 0 Å². The second kappa shape index (κ2) is 12.0. The fourth-order valence-corrected chi connectivity index (χ4v) is 3.45. The minimum absolute atomic E-state index is 0. The fraction of sp³-hybridized carbons (Fsp3) is 0.688. The lowest BCUT2D eigenvalue weighted by Gasteiger charge is -2.32. The Kier molecular flexibility index (Phi) is 10.8. The number of nitrogens with one attached hydrogen (secondary N) is 2. The summed E-state index contributed by atoms with van der Waals surface area (Å²) in [6.07, 6.45) is 2.51. The topological polar surface area (TPSA) is 48.9 Å². The molecule has 1 aromatic rings. The van der Waals surface area contributed by atoms with Crippen molar-refractivity contribution in [1.29, 1.82) is 0 Å². The van der Waals surface area contributed by atoms with E-state index in [0.29, 0.717) is 6.61 Å². The van der Waals surface area contributed by atoms with Crippen molar-refractivity contribution in [1.82, 2.24) is 15.5 Å². The highest BCUT2D eigenvalue weighted by molar-refractivity contribution is 14.0. The Morgan fingerprint density at radius 1 is 1.39 bits per heavy atom. The van der Waals surface area contributed by atoms with Crippen LogP contribution in [0.25, 0.3) is 0 Å². The van der Waals surface area contributed by atoms with E-state index in [1.165, 1.54) is 30.8 Å². The van der Waals surface area contributed by atoms with Crippen LogP contribution >= 0.6 is 35.3 Å². The monoisotopic (exact) mass is 452 g/mol. The quantitative estimate of drug-likeness (QED) is 0.289. The first kappa shape index (κ1) is 20.7. The van der Waals surface area contributed by atoms with Crippen LogP contribution < -0.4 is 10.6 Å². The minimum Gasteiger partial charge on any atom is -0.383 e. The highest BCUT2D eigenvalue weighted by atomic mass is 127. The molecule has 5 nitrogen and oxygen atoms in total. The smallest absolute Gasteiger partial charge is 0.191 e. The summed E-state index contributed by atoms with van der Waals surface area (Å²) in [6.45, 7) is 5.98. The number of ether oxygens (including phenoxy) is 1. The Balaban J connectivity index is 0.00000264. The van der Waals surface area contributed by atoms with Gasteiger partial charge in [-0.15, -0.1) is 35.3 Å². The van der Waals surface area contributed by atoms with E-state index < -0.39 is 0 Å². The summed E-state index contributed by atoms with van der Waals surface area (Å²) in [5, 5.41) is 8.84. The van der Waals surface area contributed by atoms with Crippen LogP contribution in [0.15, 0.2) is 22.5 Å². The standard InChI is InChI=1S/C16H28N4OS.HI/c1-17-16(18-7-10-21-2)19-12-14-5-8-20(9-6-14)13-15-4-3-11-22-15;/h3-4,11,14H,5-10,12-13H2,1-2H3,(H2,17,18,19);1H. The zero-order valence-corrected chi connectivity index (χ0v) is 17.2. The van der Waals surface area contributed by atoms with Gasteiger partial charge in [0, 0.05) is 38.7 Å². The zero-order chi connectivity index (χ0) is 15.6. The molecule has 0 saturated carbocycles. The fourth-order valence-electron chi connectivity index (χ4n) is 2.70. The number of likely N-dealkylation sites (tertiary alicyclic amines) is 1. The normalized spacial score (nSPS) is 16.9. The van der Waals surface area contributed by atoms with Crippen LogP contribution in [0.3, 0.4) is 0 Å². The second-order valence-electron chi connectivity index (χ2n) is 5.67. The summed E-state index contributed by atoms with van der Waals surface area (Å²) in [7, 11) is 3.52. The maximum atomic E-state index is 5.04. The maximum absolute atomic E-state index is 5.04. The third-order valence-corrected chi connectivity index (χ3v) is 4.91. The van der Waals surface area contributed by atoms with Crippen molar-refractivity contribution in [2.75, 3.05) is 46.9 Å². The van der Waals surface area contributed by atoms with Gasteiger partial charge < -0.3 is 15.4 Å². The van der Waals surface area contributed by atoms with E-state index in [-0.39, 0.29) is 24.0 Å². The second-order valence-corrected chi connectivity index (χ2v) is 6.70. The number of halogens is 1. The highest BCUT2D eigenvalue weighted by Gasteiger charge is 2.19. The lowest BCUT2D eigenvalue weighted by Crippen LogP contribution is -2.43. The molecule has 1 saturated heterocycles. The molecule has 0 unspecified atom stereocenters. The van der Waals surface area contributed by atoms with Crippen LogP contribution in [-0.4, -0.2) is 57.8 Å². The molecule has 0 aliphatic carbocycles. The molecule has 1 aliphatic heterocycles. The summed E-state index contributed by atoms with van der Waals surface area (Å²) in [4.78, 5) is 8.27. The molecule has 0 bridgehead atoms. The Hall–Kier alpha value is -0.380. The first-order valence-electron chi connectivity index (χ1n) is 8.00. The SMILES string of the molecule is CN=C(NCCOC)NCC1CCN(Cc2cccs2)CC1.I. The van der Waals surface area contributed by atoms with Gasteiger partial charge in [-0.25, -0.2) is 0 Å². The molecule has 2 N–H and O–H groups in total. The summed E-state index contributed by atoms with van der Waals surface area (Å²) < 4.78 is 5.04. The van der Waals surface area contributed by atoms with Gasteiger partial charge in [0.25, 0.3) is 0 Å². The summed E-state index contributed by atoms with van der Waals surface area (Å²) in [5.74, 6) is 1.61. The molecule has 0 atom stereocenters. The van der Waals surface area contributed by atoms with Gasteiger partial charge >= 0.3 is 0 Å². The third-order valence-electron chi connectivity index (χ3n) is 4.05. The number of hydrogen-bond acceptors (Lipinski definition) is 4. The van der Waals surface area contributed by atoms with Gasteiger partial charge in [-0.2, -0.15) is 0 Å². The Labute approximate surface area is 160 Å². The van der Waals surface area contributed by atoms with E-state index in [0.717, 1.165) is 31.5 Å². The molecule has 1 fully saturated rings. The first-order chi connectivity index (χ1) is 10.8. The molecule has 132 valence electrons. The van der Waals surface area contributed by atoms with Crippen LogP contribution in [0.5, 0.6) is 0 Å². The van der Waals surface area contributed by atoms with E-state index in [2.05, 4.69) is 38.0 Å². The minimum atomic E-state index is 0. The van der Waals surface area contributed by atoms with Gasteiger partial charge in [-0.1, -0.05) is 6.07 Å². The lowest BCUT2D eigenvalue weighted by molar-refractivity contribution is 0.179. The van der Waals surface area contributed by atoms with Crippen LogP contribution in [0.2, 0.25) is 0 Å². The van der Waals surface area contributed by atoms with Crippen LogP contribution in [0.1, 0.15) is 17.7 Å². The number of aliphatic imine (C=N–C) groups is 1. The zero-order valence-electron chi connectivity index (χ0n) is 14.1. The Morgan fingerprint density at radius 3 is 2.78 bits per heavy atom. The van der Waals surface area contributed by atoms with Gasteiger partial charge in [-0.3, -0.25) is 9.89 Å². The maximum Gasteiger partial charge on any atom is 0.191 e. The van der Waals surface area contributed by atoms with Crippen molar-refractivity contribution in [3.05, 3.63) is 22.4 Å². The number of rotatable bonds is 7. The Morgan fingerprint density at radius 2 is 2.17 bits per heavy atom. The number of thiophene rings is 1. The number of guanidine groups is 1. The molecule has 0 aromatic carbocycles. The van der Waals surface area contributed by atoms with E-state index in [1.807, 2.05) is 18.4 Å². The van der Waals surface area contributed by atoms with E-state index >= 15 is 0 Å². The van der Waals surface area contributed by atoms with Crippen molar-refractivity contribution in [2.24, 2.45) is 10.9 Å². The van der Waals surface area contributed by atoms with Crippen molar-refractivity contribution in [3.63, 3.8) is 0 Å². The molecule has 23 heavy (non-hydrogen) atoms. The van der Waals surface area contributed by atoms with Gasteiger partial charge in [0.05, 0.1) is 6.61 Å². The number of methoxy groups -OCH3 is 1. The molecule has 2 heterocycles. The van der Waals surface area contributed by atoms with E-state index in [4.69, 9.17) is 4.74 Å². The van der Waals surface area contributed by atoms with Gasteiger partial charge in [-0.05, 0) is 43.3 Å². The predicted octanol–water partition coefficient (Wildman–Crippen LogP) is 2.39. The molecular weight excluding hydrogens is 423 g/mol. The third kappa shape index (κ3) is 7.82. The van der Waals surface area contributed by atoms with Gasteiger partial charge in [0.1, 0.15) is 0 Å². The molecule has 0 amide bonds. The highest BCUT2D eigenvalue weighted by Crippen LogP contribution is 2.20. The lowest BCUT2D eigenvalue weighted by atomic mass is 9.97. The molecule has 1 aliphatic rings. The molecule has 0 radical (unpaired) electrons. The van der Waals surface area contributed by atoms with E-state index in [1.54, 1.807) is 7.11 Å². The van der Waals surface area contributed by atoms with Crippen LogP contribution in [-0.2, 0) is 11.3 Å². The van der Waals surface area contributed by atoms with Crippen molar-refractivity contribution < 1.29 is 4.74 Å². The summed E-state index contributed by atoms with van der Waals surface area (Å²) in [5.41, 5.74) is 0.